The number of fused-ring (bicyclic) bond motifs is 1. The van der Waals surface area contributed by atoms with E-state index < -0.39 is 0 Å². The predicted molar refractivity (Wildman–Crippen MR) is 102 cm³/mol. The average molecular weight is 400 g/mol. The van der Waals surface area contributed by atoms with Crippen LogP contribution in [-0.2, 0) is 6.42 Å². The van der Waals surface area contributed by atoms with E-state index in [1.54, 1.807) is 14.2 Å². The number of nitrogens with zero attached hydrogens (tertiary/aromatic N) is 2. The first-order valence-corrected chi connectivity index (χ1v) is 8.84. The number of aromatic nitrogens is 2. The van der Waals surface area contributed by atoms with Crippen LogP contribution in [0.25, 0.3) is 16.9 Å². The van der Waals surface area contributed by atoms with Gasteiger partial charge < -0.3 is 14.8 Å². The summed E-state index contributed by atoms with van der Waals surface area (Å²) in [6, 6.07) is 13.9. The molecule has 0 atom stereocenters. The Kier molecular flexibility index (Phi) is 4.13. The third kappa shape index (κ3) is 2.76. The van der Waals surface area contributed by atoms with Crippen LogP contribution in [0.5, 0.6) is 11.5 Å². The highest BCUT2D eigenvalue weighted by Gasteiger charge is 2.26. The Balaban J connectivity index is 1.92. The van der Waals surface area contributed by atoms with Crippen LogP contribution in [0.2, 0.25) is 0 Å². The first kappa shape index (κ1) is 16.0. The first-order chi connectivity index (χ1) is 12.2. The van der Waals surface area contributed by atoms with Crippen LogP contribution < -0.4 is 14.8 Å². The molecule has 1 aliphatic rings. The van der Waals surface area contributed by atoms with Crippen molar-refractivity contribution in [2.75, 3.05) is 26.1 Å². The SMILES string of the molecule is COc1ccc(OC)c(-c2nn(-c3cccc(Br)c3)c3c2CCN3)c1. The fraction of sp³-hybridized carbons (Fsp3) is 0.211. The summed E-state index contributed by atoms with van der Waals surface area (Å²) in [6.07, 6.45) is 0.930. The molecule has 0 amide bonds. The van der Waals surface area contributed by atoms with Crippen molar-refractivity contribution in [3.8, 4) is 28.4 Å². The number of halogens is 1. The maximum atomic E-state index is 5.56. The monoisotopic (exact) mass is 399 g/mol. The van der Waals surface area contributed by atoms with E-state index in [4.69, 9.17) is 14.6 Å². The molecule has 0 spiro atoms. The molecule has 3 aromatic rings. The Morgan fingerprint density at radius 2 is 2.00 bits per heavy atom. The van der Waals surface area contributed by atoms with E-state index in [0.717, 1.165) is 51.7 Å². The zero-order valence-electron chi connectivity index (χ0n) is 14.0. The van der Waals surface area contributed by atoms with Gasteiger partial charge in [-0.25, -0.2) is 4.68 Å². The summed E-state index contributed by atoms with van der Waals surface area (Å²) in [5.74, 6) is 2.61. The molecule has 0 fully saturated rings. The van der Waals surface area contributed by atoms with Crippen LogP contribution in [0.4, 0.5) is 5.82 Å². The lowest BCUT2D eigenvalue weighted by Gasteiger charge is -2.10. The Hall–Kier alpha value is -2.47. The van der Waals surface area contributed by atoms with Crippen molar-refractivity contribution in [3.63, 3.8) is 0 Å². The van der Waals surface area contributed by atoms with Gasteiger partial charge in [0.2, 0.25) is 0 Å². The minimum absolute atomic E-state index is 0.785. The lowest BCUT2D eigenvalue weighted by molar-refractivity contribution is 0.404. The van der Waals surface area contributed by atoms with Crippen molar-refractivity contribution in [3.05, 3.63) is 52.5 Å². The van der Waals surface area contributed by atoms with Crippen molar-refractivity contribution >= 4 is 21.7 Å². The normalized spacial score (nSPS) is 12.6. The maximum absolute atomic E-state index is 5.56. The quantitative estimate of drug-likeness (QED) is 0.710. The number of benzene rings is 2. The van der Waals surface area contributed by atoms with Crippen molar-refractivity contribution in [2.45, 2.75) is 6.42 Å². The molecular formula is C19H18BrN3O2. The van der Waals surface area contributed by atoms with Gasteiger partial charge >= 0.3 is 0 Å². The molecule has 2 aromatic carbocycles. The fourth-order valence-corrected chi connectivity index (χ4v) is 3.57. The van der Waals surface area contributed by atoms with Gasteiger partial charge in [0.05, 0.1) is 19.9 Å². The van der Waals surface area contributed by atoms with E-state index in [9.17, 15) is 0 Å². The van der Waals surface area contributed by atoms with Gasteiger partial charge in [0.25, 0.3) is 0 Å². The van der Waals surface area contributed by atoms with Gasteiger partial charge in [-0.2, -0.15) is 5.10 Å². The van der Waals surface area contributed by atoms with Crippen molar-refractivity contribution in [2.24, 2.45) is 0 Å². The number of hydrogen-bond acceptors (Lipinski definition) is 4. The van der Waals surface area contributed by atoms with Crippen molar-refractivity contribution in [1.82, 2.24) is 9.78 Å². The van der Waals surface area contributed by atoms with E-state index >= 15 is 0 Å². The van der Waals surface area contributed by atoms with Gasteiger partial charge in [-0.15, -0.1) is 0 Å². The van der Waals surface area contributed by atoms with Crippen LogP contribution in [0.1, 0.15) is 5.56 Å². The summed E-state index contributed by atoms with van der Waals surface area (Å²) < 4.78 is 13.9. The summed E-state index contributed by atoms with van der Waals surface area (Å²) in [5, 5.41) is 8.35. The van der Waals surface area contributed by atoms with Crippen molar-refractivity contribution in [1.29, 1.82) is 0 Å². The van der Waals surface area contributed by atoms with Crippen molar-refractivity contribution < 1.29 is 9.47 Å². The topological polar surface area (TPSA) is 48.3 Å². The van der Waals surface area contributed by atoms with Gasteiger partial charge in [-0.1, -0.05) is 22.0 Å². The zero-order valence-corrected chi connectivity index (χ0v) is 15.6. The second-order valence-electron chi connectivity index (χ2n) is 5.81. The van der Waals surface area contributed by atoms with E-state index in [-0.39, 0.29) is 0 Å². The van der Waals surface area contributed by atoms with E-state index in [2.05, 4.69) is 27.3 Å². The Morgan fingerprint density at radius 1 is 1.12 bits per heavy atom. The molecule has 0 saturated heterocycles. The average Bonchev–Trinajstić information content (AvgIpc) is 3.23. The Morgan fingerprint density at radius 3 is 2.76 bits per heavy atom. The molecule has 0 radical (unpaired) electrons. The number of methoxy groups -OCH3 is 2. The minimum atomic E-state index is 0.785. The van der Waals surface area contributed by atoms with E-state index in [1.807, 2.05) is 41.1 Å². The predicted octanol–water partition coefficient (Wildman–Crippen LogP) is 4.29. The summed E-state index contributed by atoms with van der Waals surface area (Å²) in [7, 11) is 3.34. The standard InChI is InChI=1S/C19H18BrN3O2/c1-24-14-6-7-17(25-2)16(11-14)18-15-8-9-21-19(15)23(22-18)13-5-3-4-12(20)10-13/h3-7,10-11,21H,8-9H2,1-2H3. The third-order valence-corrected chi connectivity index (χ3v) is 4.86. The minimum Gasteiger partial charge on any atom is -0.497 e. The molecule has 0 bridgehead atoms. The summed E-state index contributed by atoms with van der Waals surface area (Å²) in [6.45, 7) is 0.903. The number of rotatable bonds is 4. The number of anilines is 1. The largest absolute Gasteiger partial charge is 0.497 e. The highest BCUT2D eigenvalue weighted by Crippen LogP contribution is 2.40. The molecule has 25 heavy (non-hydrogen) atoms. The van der Waals surface area contributed by atoms with E-state index in [1.165, 1.54) is 5.56 Å². The van der Waals surface area contributed by atoms with Gasteiger partial charge in [-0.3, -0.25) is 0 Å². The molecule has 1 aromatic heterocycles. The summed E-state index contributed by atoms with van der Waals surface area (Å²) >= 11 is 3.54. The molecule has 128 valence electrons. The molecule has 0 aliphatic carbocycles. The highest BCUT2D eigenvalue weighted by molar-refractivity contribution is 9.10. The lowest BCUT2D eigenvalue weighted by Crippen LogP contribution is -2.04. The van der Waals surface area contributed by atoms with Gasteiger partial charge in [0.15, 0.2) is 0 Å². The third-order valence-electron chi connectivity index (χ3n) is 4.37. The number of nitrogens with one attached hydrogen (secondary N) is 1. The second-order valence-corrected chi connectivity index (χ2v) is 6.73. The smallest absolute Gasteiger partial charge is 0.133 e. The maximum Gasteiger partial charge on any atom is 0.133 e. The van der Waals surface area contributed by atoms with E-state index in [0.29, 0.717) is 0 Å². The molecule has 2 heterocycles. The molecule has 4 rings (SSSR count). The molecule has 1 N–H and O–H groups in total. The lowest BCUT2D eigenvalue weighted by atomic mass is 10.1. The molecular weight excluding hydrogens is 382 g/mol. The van der Waals surface area contributed by atoms with Crippen LogP contribution in [0, 0.1) is 0 Å². The van der Waals surface area contributed by atoms with Crippen LogP contribution >= 0.6 is 15.9 Å². The van der Waals surface area contributed by atoms with Crippen LogP contribution in [-0.4, -0.2) is 30.5 Å². The van der Waals surface area contributed by atoms with Crippen LogP contribution in [0.15, 0.2) is 46.9 Å². The molecule has 1 aliphatic heterocycles. The Labute approximate surface area is 154 Å². The molecule has 5 nitrogen and oxygen atoms in total. The van der Waals surface area contributed by atoms with Gasteiger partial charge in [-0.05, 0) is 42.8 Å². The summed E-state index contributed by atoms with van der Waals surface area (Å²) in [4.78, 5) is 0. The highest BCUT2D eigenvalue weighted by atomic mass is 79.9. The second kappa shape index (κ2) is 6.44. The molecule has 6 heteroatoms. The zero-order chi connectivity index (χ0) is 17.4. The molecule has 0 saturated carbocycles. The molecule has 0 unspecified atom stereocenters. The number of hydrogen-bond donors (Lipinski definition) is 1. The number of ether oxygens (including phenoxy) is 2. The first-order valence-electron chi connectivity index (χ1n) is 8.05. The Bertz CT molecular complexity index is 936. The summed E-state index contributed by atoms with van der Waals surface area (Å²) in [5.41, 5.74) is 4.07. The van der Waals surface area contributed by atoms with Gasteiger partial charge in [0.1, 0.15) is 23.0 Å². The fourth-order valence-electron chi connectivity index (χ4n) is 3.18. The van der Waals surface area contributed by atoms with Crippen LogP contribution in [0.3, 0.4) is 0 Å². The van der Waals surface area contributed by atoms with Gasteiger partial charge in [0, 0.05) is 22.1 Å².